The highest BCUT2D eigenvalue weighted by molar-refractivity contribution is 5.91. The van der Waals surface area contributed by atoms with E-state index < -0.39 is 99.8 Å². The second-order valence-corrected chi connectivity index (χ2v) is 9.70. The minimum atomic E-state index is -3.17. The Bertz CT molecular complexity index is 2290. The van der Waals surface area contributed by atoms with Crippen molar-refractivity contribution in [2.75, 3.05) is 7.11 Å². The Hall–Kier alpha value is -4.81. The fourth-order valence-corrected chi connectivity index (χ4v) is 5.96. The zero-order valence-electron chi connectivity index (χ0n) is 20.2. The van der Waals surface area contributed by atoms with Crippen LogP contribution in [0.1, 0.15) is 23.3 Å². The van der Waals surface area contributed by atoms with E-state index in [9.17, 15) is 49.5 Å². The van der Waals surface area contributed by atoms with Crippen molar-refractivity contribution >= 4 is 22.3 Å². The van der Waals surface area contributed by atoms with E-state index in [1.807, 2.05) is 0 Å². The number of phenolic OH excluding ortho intramolecular Hbond substituents is 1. The molecular formula is C27H18O12. The van der Waals surface area contributed by atoms with E-state index in [2.05, 4.69) is 0 Å². The summed E-state index contributed by atoms with van der Waals surface area (Å²) in [5, 5.41) is 53.4. The van der Waals surface area contributed by atoms with Crippen LogP contribution >= 0.6 is 0 Å². The van der Waals surface area contributed by atoms with E-state index in [1.165, 1.54) is 19.1 Å². The molecule has 12 nitrogen and oxygen atoms in total. The predicted octanol–water partition coefficient (Wildman–Crippen LogP) is -2.23. The minimum absolute atomic E-state index is 0.135. The zero-order valence-corrected chi connectivity index (χ0v) is 20.2. The first kappa shape index (κ1) is 24.5. The number of methoxy groups -OCH3 is 1. The molecule has 6 rings (SSSR count). The maximum Gasteiger partial charge on any atom is 0.347 e. The van der Waals surface area contributed by atoms with Gasteiger partial charge >= 0.3 is 5.63 Å². The Balaban J connectivity index is 1.92. The van der Waals surface area contributed by atoms with Crippen molar-refractivity contribution in [2.24, 2.45) is 0 Å². The van der Waals surface area contributed by atoms with Gasteiger partial charge in [-0.15, -0.1) is 0 Å². The van der Waals surface area contributed by atoms with Crippen LogP contribution in [0.5, 0.6) is 11.5 Å². The Morgan fingerprint density at radius 3 is 2.15 bits per heavy atom. The van der Waals surface area contributed by atoms with Gasteiger partial charge in [0.25, 0.3) is 0 Å². The van der Waals surface area contributed by atoms with Crippen LogP contribution in [-0.2, 0) is 12.0 Å². The molecule has 0 fully saturated rings. The van der Waals surface area contributed by atoms with Crippen LogP contribution in [0.25, 0.3) is 22.3 Å². The molecule has 0 saturated carbocycles. The molecule has 2 unspecified atom stereocenters. The maximum absolute atomic E-state index is 13.6. The Labute approximate surface area is 214 Å². The fourth-order valence-electron chi connectivity index (χ4n) is 5.96. The molecule has 39 heavy (non-hydrogen) atoms. The average Bonchev–Trinajstić information content (AvgIpc) is 2.87. The van der Waals surface area contributed by atoms with Crippen molar-refractivity contribution < 1.29 is 34.7 Å². The first-order valence-electron chi connectivity index (χ1n) is 11.6. The number of fused-ring (bicyclic) bond motifs is 5. The average molecular weight is 534 g/mol. The molecule has 1 heterocycles. The van der Waals surface area contributed by atoms with Crippen molar-refractivity contribution in [1.29, 1.82) is 0 Å². The number of phenols is 1. The smallest absolute Gasteiger partial charge is 0.347 e. The summed E-state index contributed by atoms with van der Waals surface area (Å²) in [7, 11) is 1.05. The predicted molar refractivity (Wildman–Crippen MR) is 133 cm³/mol. The summed E-state index contributed by atoms with van der Waals surface area (Å²) in [6, 6.07) is 3.55. The van der Waals surface area contributed by atoms with Gasteiger partial charge < -0.3 is 34.7 Å². The van der Waals surface area contributed by atoms with Gasteiger partial charge in [0, 0.05) is 11.6 Å². The quantitative estimate of drug-likeness (QED) is 0.176. The molecule has 1 aromatic carbocycles. The summed E-state index contributed by atoms with van der Waals surface area (Å²) >= 11 is 0. The minimum Gasteiger partial charge on any atom is -0.508 e. The maximum atomic E-state index is 13.6. The third-order valence-corrected chi connectivity index (χ3v) is 7.74. The molecule has 5 N–H and O–H groups in total. The van der Waals surface area contributed by atoms with Gasteiger partial charge in [-0.2, -0.15) is 0 Å². The van der Waals surface area contributed by atoms with Crippen molar-refractivity contribution in [2.45, 2.75) is 31.0 Å². The van der Waals surface area contributed by atoms with Crippen LogP contribution in [0.4, 0.5) is 0 Å². The third kappa shape index (κ3) is 2.66. The number of rotatable bonds is 1. The monoisotopic (exact) mass is 534 g/mol. The van der Waals surface area contributed by atoms with Gasteiger partial charge in [-0.3, -0.25) is 19.2 Å². The summed E-state index contributed by atoms with van der Waals surface area (Å²) in [6.45, 7) is 1.50. The summed E-state index contributed by atoms with van der Waals surface area (Å²) in [6.07, 6.45) is -0.660. The van der Waals surface area contributed by atoms with Gasteiger partial charge in [-0.1, -0.05) is 6.07 Å². The number of aliphatic hydroxyl groups excluding tert-OH is 2. The fraction of sp³-hybridized carbons (Fsp3) is 0.222. The highest BCUT2D eigenvalue weighted by atomic mass is 16.5. The number of hydrogen-bond acceptors (Lipinski definition) is 12. The lowest BCUT2D eigenvalue weighted by Crippen LogP contribution is -2.68. The number of aliphatic hydroxyl groups is 4. The number of benzene rings is 1. The first-order chi connectivity index (χ1) is 18.3. The SMILES string of the molecule is COc1cc(=O)c2c(=O)c3c(c(=O)c=2c1=O)=C(O)C1(O)c2c(cc4cc(C)oc(=O)c4c2O)CCC1(O)C=3O. The van der Waals surface area contributed by atoms with Gasteiger partial charge in [0.15, 0.2) is 22.4 Å². The second kappa shape index (κ2) is 7.40. The summed E-state index contributed by atoms with van der Waals surface area (Å²) < 4.78 is 9.87. The highest BCUT2D eigenvalue weighted by Crippen LogP contribution is 2.54. The Morgan fingerprint density at radius 1 is 0.846 bits per heavy atom. The molecule has 0 saturated heterocycles. The van der Waals surface area contributed by atoms with E-state index in [1.54, 1.807) is 0 Å². The number of ether oxygens (including phenoxy) is 1. The van der Waals surface area contributed by atoms with Crippen LogP contribution in [0, 0.1) is 17.4 Å². The number of aromatic hydroxyl groups is 1. The van der Waals surface area contributed by atoms with Gasteiger partial charge in [0.1, 0.15) is 28.4 Å². The first-order valence-corrected chi connectivity index (χ1v) is 11.6. The molecule has 0 spiro atoms. The van der Waals surface area contributed by atoms with Crippen LogP contribution in [0.15, 0.2) is 46.6 Å². The molecule has 0 bridgehead atoms. The van der Waals surface area contributed by atoms with E-state index in [0.29, 0.717) is 6.07 Å². The lowest BCUT2D eigenvalue weighted by atomic mass is 9.63. The molecular weight excluding hydrogens is 516 g/mol. The van der Waals surface area contributed by atoms with Crippen LogP contribution in [-0.4, -0.2) is 38.2 Å². The Kier molecular flexibility index (Phi) is 4.65. The summed E-state index contributed by atoms with van der Waals surface area (Å²) in [5.74, 6) is -3.87. The topological polar surface area (TPSA) is 209 Å². The lowest BCUT2D eigenvalue weighted by Gasteiger charge is -2.48. The van der Waals surface area contributed by atoms with Crippen molar-refractivity contribution in [3.63, 3.8) is 0 Å². The van der Waals surface area contributed by atoms with Crippen molar-refractivity contribution in [3.8, 4) is 11.5 Å². The van der Waals surface area contributed by atoms with Crippen LogP contribution in [0.3, 0.4) is 0 Å². The van der Waals surface area contributed by atoms with Crippen LogP contribution in [0.2, 0.25) is 0 Å². The summed E-state index contributed by atoms with van der Waals surface area (Å²) in [4.78, 5) is 65.2. The molecule has 0 radical (unpaired) electrons. The third-order valence-electron chi connectivity index (χ3n) is 7.74. The molecule has 0 amide bonds. The zero-order chi connectivity index (χ0) is 28.3. The largest absolute Gasteiger partial charge is 0.508 e. The molecule has 198 valence electrons. The van der Waals surface area contributed by atoms with Crippen molar-refractivity contribution in [1.82, 2.24) is 0 Å². The highest BCUT2D eigenvalue weighted by Gasteiger charge is 2.63. The molecule has 4 aliphatic rings. The molecule has 4 aliphatic carbocycles. The van der Waals surface area contributed by atoms with E-state index >= 15 is 0 Å². The Morgan fingerprint density at radius 2 is 1.49 bits per heavy atom. The molecule has 0 aliphatic heterocycles. The van der Waals surface area contributed by atoms with Crippen molar-refractivity contribution in [3.05, 3.63) is 107 Å². The van der Waals surface area contributed by atoms with Crippen LogP contribution < -0.4 is 42.5 Å². The van der Waals surface area contributed by atoms with Gasteiger partial charge in [0.05, 0.1) is 28.0 Å². The molecule has 12 heteroatoms. The van der Waals surface area contributed by atoms with Gasteiger partial charge in [-0.05, 0) is 36.8 Å². The number of aryl methyl sites for hydroxylation is 2. The normalized spacial score (nSPS) is 22.1. The van der Waals surface area contributed by atoms with Gasteiger partial charge in [-0.25, -0.2) is 4.79 Å². The second-order valence-electron chi connectivity index (χ2n) is 9.70. The van der Waals surface area contributed by atoms with E-state index in [-0.39, 0.29) is 23.1 Å². The molecule has 2 aromatic rings. The summed E-state index contributed by atoms with van der Waals surface area (Å²) in [5.41, 5.74) is -12.5. The van der Waals surface area contributed by atoms with Gasteiger partial charge in [0.2, 0.25) is 16.3 Å². The molecule has 1 aromatic heterocycles. The standard InChI is InChI=1S/C27H18O12/c1-8-5-10-6-9-3-4-26(36)23(33)16-17(24(34)27(26,37)18(9)22(32)13(10)25(35)39-8)21(31)15-14(20(16)30)11(28)7-12(38-2)19(15)29/h5-7,32-34,36-37H,3-4H2,1-2H3. The van der Waals surface area contributed by atoms with E-state index in [0.717, 1.165) is 7.11 Å². The lowest BCUT2D eigenvalue weighted by molar-refractivity contribution is -0.121. The van der Waals surface area contributed by atoms with E-state index in [4.69, 9.17) is 9.15 Å². The molecule has 2 atom stereocenters. The number of hydrogen-bond donors (Lipinski definition) is 5.